The number of piperidine rings is 1. The van der Waals surface area contributed by atoms with Crippen molar-refractivity contribution >= 4 is 11.9 Å². The number of carbonyl (C=O) groups excluding carboxylic acids is 1. The van der Waals surface area contributed by atoms with Crippen LogP contribution in [0.25, 0.3) is 6.08 Å². The Hall–Kier alpha value is -3.19. The zero-order chi connectivity index (χ0) is 22.8. The first-order valence-electron chi connectivity index (χ1n) is 10.8. The summed E-state index contributed by atoms with van der Waals surface area (Å²) < 4.78 is 22.3. The lowest BCUT2D eigenvalue weighted by Crippen LogP contribution is -2.33. The molecule has 1 atom stereocenters. The van der Waals surface area contributed by atoms with E-state index in [1.165, 1.54) is 20.6 Å². The number of carbonyl (C=O) groups is 1. The summed E-state index contributed by atoms with van der Waals surface area (Å²) >= 11 is 0. The van der Waals surface area contributed by atoms with E-state index in [1.54, 1.807) is 37.5 Å². The van der Waals surface area contributed by atoms with E-state index < -0.39 is 0 Å². The standard InChI is InChI=1S/C25H29NO6/c1-15-6-5-11-26(13-15)14-18-19(27)9-8-17-22(28)21(32-24(17)18)12-16-7-10-20(29-2)25(31-4)23(16)30-3/h7-10,12,15,27H,5-6,11,13-14H2,1-4H3. The Labute approximate surface area is 188 Å². The number of allylic oxidation sites excluding steroid dienone is 1. The molecule has 0 spiro atoms. The van der Waals surface area contributed by atoms with Gasteiger partial charge in [0.2, 0.25) is 11.5 Å². The highest BCUT2D eigenvalue weighted by molar-refractivity contribution is 6.15. The molecule has 2 aromatic carbocycles. The number of benzene rings is 2. The number of fused-ring (bicyclic) bond motifs is 1. The molecule has 0 radical (unpaired) electrons. The van der Waals surface area contributed by atoms with Crippen molar-refractivity contribution in [3.63, 3.8) is 0 Å². The predicted octanol–water partition coefficient (Wildman–Crippen LogP) is 4.27. The fraction of sp³-hybridized carbons (Fsp3) is 0.400. The minimum Gasteiger partial charge on any atom is -0.507 e. The van der Waals surface area contributed by atoms with Crippen molar-refractivity contribution in [3.8, 4) is 28.7 Å². The van der Waals surface area contributed by atoms with Crippen molar-refractivity contribution < 1.29 is 28.8 Å². The number of ketones is 1. The number of aromatic hydroxyl groups is 1. The van der Waals surface area contributed by atoms with Gasteiger partial charge in [-0.1, -0.05) is 6.92 Å². The first kappa shape index (κ1) is 22.0. The summed E-state index contributed by atoms with van der Waals surface area (Å²) in [5.41, 5.74) is 1.72. The Bertz CT molecular complexity index is 1060. The molecule has 32 heavy (non-hydrogen) atoms. The molecule has 1 N–H and O–H groups in total. The number of rotatable bonds is 6. The molecule has 7 nitrogen and oxygen atoms in total. The van der Waals surface area contributed by atoms with Crippen LogP contribution < -0.4 is 18.9 Å². The molecule has 1 fully saturated rings. The molecule has 2 aromatic rings. The smallest absolute Gasteiger partial charge is 0.231 e. The summed E-state index contributed by atoms with van der Waals surface area (Å²) in [7, 11) is 4.61. The van der Waals surface area contributed by atoms with Crippen LogP contribution in [-0.2, 0) is 6.54 Å². The fourth-order valence-corrected chi connectivity index (χ4v) is 4.48. The van der Waals surface area contributed by atoms with Crippen molar-refractivity contribution in [1.29, 1.82) is 0 Å². The Kier molecular flexibility index (Phi) is 6.28. The summed E-state index contributed by atoms with van der Waals surface area (Å²) in [5, 5.41) is 10.6. The number of hydrogen-bond acceptors (Lipinski definition) is 7. The van der Waals surface area contributed by atoms with Crippen LogP contribution in [-0.4, -0.2) is 50.2 Å². The highest BCUT2D eigenvalue weighted by Crippen LogP contribution is 2.43. The normalized spacial score (nSPS) is 19.6. The molecule has 0 saturated carbocycles. The van der Waals surface area contributed by atoms with Gasteiger partial charge in [-0.05, 0) is 55.6 Å². The first-order chi connectivity index (χ1) is 15.5. The van der Waals surface area contributed by atoms with Gasteiger partial charge in [0.25, 0.3) is 0 Å². The zero-order valence-electron chi connectivity index (χ0n) is 18.9. The Morgan fingerprint density at radius 3 is 2.59 bits per heavy atom. The van der Waals surface area contributed by atoms with E-state index >= 15 is 0 Å². The number of methoxy groups -OCH3 is 3. The van der Waals surface area contributed by atoms with Crippen LogP contribution >= 0.6 is 0 Å². The van der Waals surface area contributed by atoms with Gasteiger partial charge >= 0.3 is 0 Å². The first-order valence-corrected chi connectivity index (χ1v) is 10.8. The van der Waals surface area contributed by atoms with Gasteiger partial charge in [0, 0.05) is 18.7 Å². The van der Waals surface area contributed by atoms with Crippen molar-refractivity contribution in [3.05, 3.63) is 46.7 Å². The van der Waals surface area contributed by atoms with Gasteiger partial charge in [0.05, 0.1) is 32.5 Å². The zero-order valence-corrected chi connectivity index (χ0v) is 18.9. The lowest BCUT2D eigenvalue weighted by Gasteiger charge is -2.31. The van der Waals surface area contributed by atoms with Gasteiger partial charge in [-0.25, -0.2) is 0 Å². The van der Waals surface area contributed by atoms with E-state index in [1.807, 2.05) is 0 Å². The molecule has 170 valence electrons. The molecule has 0 aromatic heterocycles. The summed E-state index contributed by atoms with van der Waals surface area (Å²) in [6.07, 6.45) is 3.97. The second-order valence-electron chi connectivity index (χ2n) is 8.29. The van der Waals surface area contributed by atoms with Gasteiger partial charge in [0.1, 0.15) is 11.5 Å². The number of hydrogen-bond donors (Lipinski definition) is 1. The van der Waals surface area contributed by atoms with Gasteiger partial charge in [-0.15, -0.1) is 0 Å². The summed E-state index contributed by atoms with van der Waals surface area (Å²) in [4.78, 5) is 15.4. The number of phenols is 1. The summed E-state index contributed by atoms with van der Waals surface area (Å²) in [6, 6.07) is 6.71. The van der Waals surface area contributed by atoms with Crippen molar-refractivity contribution in [2.75, 3.05) is 34.4 Å². The molecule has 1 saturated heterocycles. The minimum absolute atomic E-state index is 0.139. The number of phenolic OH excluding ortho intramolecular Hbond substituents is 1. The van der Waals surface area contributed by atoms with Crippen LogP contribution in [0.5, 0.6) is 28.7 Å². The highest BCUT2D eigenvalue weighted by Gasteiger charge is 2.32. The lowest BCUT2D eigenvalue weighted by atomic mass is 9.99. The number of ether oxygens (including phenoxy) is 4. The molecule has 2 aliphatic heterocycles. The lowest BCUT2D eigenvalue weighted by molar-refractivity contribution is 0.101. The SMILES string of the molecule is COc1ccc(C=C2Oc3c(ccc(O)c3CN3CCCC(C)C3)C2=O)c(OC)c1OC. The fourth-order valence-electron chi connectivity index (χ4n) is 4.48. The maximum Gasteiger partial charge on any atom is 0.231 e. The largest absolute Gasteiger partial charge is 0.507 e. The molecule has 0 aliphatic carbocycles. The van der Waals surface area contributed by atoms with Crippen LogP contribution in [0.3, 0.4) is 0 Å². The molecule has 2 heterocycles. The monoisotopic (exact) mass is 439 g/mol. The molecular formula is C25H29NO6. The maximum absolute atomic E-state index is 13.1. The molecule has 0 amide bonds. The van der Waals surface area contributed by atoms with E-state index in [2.05, 4.69) is 11.8 Å². The molecule has 2 aliphatic rings. The van der Waals surface area contributed by atoms with Gasteiger partial charge in [-0.2, -0.15) is 0 Å². The molecule has 4 rings (SSSR count). The topological polar surface area (TPSA) is 77.5 Å². The second kappa shape index (κ2) is 9.12. The van der Waals surface area contributed by atoms with E-state index in [-0.39, 0.29) is 17.3 Å². The third-order valence-electron chi connectivity index (χ3n) is 6.06. The van der Waals surface area contributed by atoms with E-state index in [0.29, 0.717) is 52.2 Å². The van der Waals surface area contributed by atoms with E-state index in [0.717, 1.165) is 19.5 Å². The van der Waals surface area contributed by atoms with Crippen LogP contribution in [0.15, 0.2) is 30.0 Å². The Balaban J connectivity index is 1.69. The molecule has 7 heteroatoms. The molecule has 0 bridgehead atoms. The predicted molar refractivity (Wildman–Crippen MR) is 121 cm³/mol. The van der Waals surface area contributed by atoms with Gasteiger partial charge in [0.15, 0.2) is 17.3 Å². The minimum atomic E-state index is -0.231. The van der Waals surface area contributed by atoms with Crippen molar-refractivity contribution in [2.45, 2.75) is 26.3 Å². The average Bonchev–Trinajstić information content (AvgIpc) is 3.10. The van der Waals surface area contributed by atoms with Gasteiger partial charge < -0.3 is 24.1 Å². The average molecular weight is 440 g/mol. The highest BCUT2D eigenvalue weighted by atomic mass is 16.5. The van der Waals surface area contributed by atoms with Crippen LogP contribution in [0.4, 0.5) is 0 Å². The number of nitrogens with zero attached hydrogens (tertiary/aromatic N) is 1. The van der Waals surface area contributed by atoms with Crippen LogP contribution in [0.2, 0.25) is 0 Å². The summed E-state index contributed by atoms with van der Waals surface area (Å²) in [5.74, 6) is 2.52. The number of likely N-dealkylation sites (tertiary alicyclic amines) is 1. The van der Waals surface area contributed by atoms with E-state index in [9.17, 15) is 9.90 Å². The maximum atomic E-state index is 13.1. The second-order valence-corrected chi connectivity index (χ2v) is 8.29. The van der Waals surface area contributed by atoms with E-state index in [4.69, 9.17) is 18.9 Å². The summed E-state index contributed by atoms with van der Waals surface area (Å²) in [6.45, 7) is 4.70. The van der Waals surface area contributed by atoms with Crippen LogP contribution in [0, 0.1) is 5.92 Å². The van der Waals surface area contributed by atoms with Gasteiger partial charge in [-0.3, -0.25) is 9.69 Å². The Morgan fingerprint density at radius 1 is 1.12 bits per heavy atom. The van der Waals surface area contributed by atoms with Crippen molar-refractivity contribution in [1.82, 2.24) is 4.90 Å². The third kappa shape index (κ3) is 4.00. The third-order valence-corrected chi connectivity index (χ3v) is 6.06. The molecule has 1 unspecified atom stereocenters. The quantitative estimate of drug-likeness (QED) is 0.674. The van der Waals surface area contributed by atoms with Crippen molar-refractivity contribution in [2.24, 2.45) is 5.92 Å². The number of Topliss-reactive ketones (excluding diaryl/α,β-unsaturated/α-hetero) is 1. The molecular weight excluding hydrogens is 410 g/mol. The Morgan fingerprint density at radius 2 is 1.91 bits per heavy atom. The van der Waals surface area contributed by atoms with Crippen LogP contribution in [0.1, 0.15) is 41.3 Å².